The summed E-state index contributed by atoms with van der Waals surface area (Å²) in [6, 6.07) is 0. The minimum atomic E-state index is 0.425. The van der Waals surface area contributed by atoms with Gasteiger partial charge in [0, 0.05) is 31.8 Å². The Bertz CT molecular complexity index is 319. The first kappa shape index (κ1) is 15.9. The summed E-state index contributed by atoms with van der Waals surface area (Å²) >= 11 is 0. The van der Waals surface area contributed by atoms with Gasteiger partial charge in [-0.2, -0.15) is 0 Å². The summed E-state index contributed by atoms with van der Waals surface area (Å²) in [4.78, 5) is 15.7. The van der Waals surface area contributed by atoms with E-state index in [1.165, 1.54) is 38.5 Å². The zero-order valence-corrected chi connectivity index (χ0v) is 12.3. The van der Waals surface area contributed by atoms with Gasteiger partial charge in [0.2, 0.25) is 0 Å². The number of imidazole rings is 1. The maximum absolute atomic E-state index is 11.7. The highest BCUT2D eigenvalue weighted by Gasteiger charge is 2.02. The van der Waals surface area contributed by atoms with Crippen LogP contribution in [0.3, 0.4) is 0 Å². The zero-order valence-electron chi connectivity index (χ0n) is 12.3. The van der Waals surface area contributed by atoms with E-state index in [1.807, 2.05) is 10.8 Å². The average Bonchev–Trinajstić information content (AvgIpc) is 2.91. The van der Waals surface area contributed by atoms with Crippen LogP contribution in [0.25, 0.3) is 0 Å². The number of carbonyl (C=O) groups excluding carboxylic acids is 1. The van der Waals surface area contributed by atoms with Crippen molar-refractivity contribution in [1.82, 2.24) is 9.55 Å². The fraction of sp³-hybridized carbons (Fsp3) is 0.750. The van der Waals surface area contributed by atoms with Gasteiger partial charge >= 0.3 is 0 Å². The van der Waals surface area contributed by atoms with Crippen molar-refractivity contribution in [3.8, 4) is 0 Å². The van der Waals surface area contributed by atoms with Crippen molar-refractivity contribution in [2.24, 2.45) is 0 Å². The number of hydrogen-bond donors (Lipinski definition) is 0. The lowest BCUT2D eigenvalue weighted by atomic mass is 10.1. The largest absolute Gasteiger partial charge is 0.337 e. The number of aromatic nitrogens is 2. The molecule has 0 saturated carbocycles. The second kappa shape index (κ2) is 10.8. The molecule has 108 valence electrons. The van der Waals surface area contributed by atoms with Crippen LogP contribution in [-0.4, -0.2) is 15.3 Å². The third kappa shape index (κ3) is 8.57. The number of nitrogens with zero attached hydrogens (tertiary/aromatic N) is 2. The Labute approximate surface area is 117 Å². The van der Waals surface area contributed by atoms with Crippen LogP contribution in [0.5, 0.6) is 0 Å². The first-order valence-corrected chi connectivity index (χ1v) is 7.80. The van der Waals surface area contributed by atoms with Crippen LogP contribution in [0.15, 0.2) is 18.7 Å². The van der Waals surface area contributed by atoms with Crippen molar-refractivity contribution in [3.05, 3.63) is 18.7 Å². The van der Waals surface area contributed by atoms with Gasteiger partial charge in [0.05, 0.1) is 6.33 Å². The first-order valence-electron chi connectivity index (χ1n) is 7.80. The minimum Gasteiger partial charge on any atom is -0.337 e. The fourth-order valence-electron chi connectivity index (χ4n) is 2.28. The molecule has 0 bridgehead atoms. The molecular formula is C16H28N2O. The highest BCUT2D eigenvalue weighted by Crippen LogP contribution is 2.09. The summed E-state index contributed by atoms with van der Waals surface area (Å²) in [7, 11) is 0. The zero-order chi connectivity index (χ0) is 13.8. The fourth-order valence-corrected chi connectivity index (χ4v) is 2.28. The Kier molecular flexibility index (Phi) is 9.03. The normalized spacial score (nSPS) is 10.8. The number of aryl methyl sites for hydroxylation is 1. The van der Waals surface area contributed by atoms with Gasteiger partial charge in [0.1, 0.15) is 5.78 Å². The van der Waals surface area contributed by atoms with Gasteiger partial charge in [-0.1, -0.05) is 45.4 Å². The monoisotopic (exact) mass is 264 g/mol. The maximum Gasteiger partial charge on any atom is 0.132 e. The number of Topliss-reactive ketones (excluding diaryl/α,β-unsaturated/α-hetero) is 1. The Hall–Kier alpha value is -1.12. The van der Waals surface area contributed by atoms with Crippen LogP contribution in [0, 0.1) is 0 Å². The molecule has 3 nitrogen and oxygen atoms in total. The van der Waals surface area contributed by atoms with E-state index in [9.17, 15) is 4.79 Å². The molecule has 0 saturated heterocycles. The van der Waals surface area contributed by atoms with Crippen molar-refractivity contribution in [3.63, 3.8) is 0 Å². The second-order valence-electron chi connectivity index (χ2n) is 5.31. The number of ketones is 1. The molecule has 0 amide bonds. The van der Waals surface area contributed by atoms with Gasteiger partial charge in [-0.3, -0.25) is 4.79 Å². The van der Waals surface area contributed by atoms with E-state index in [0.29, 0.717) is 12.2 Å². The van der Waals surface area contributed by atoms with Crippen molar-refractivity contribution in [2.45, 2.75) is 77.7 Å². The van der Waals surface area contributed by atoms with Gasteiger partial charge in [-0.25, -0.2) is 4.98 Å². The first-order chi connectivity index (χ1) is 9.33. The molecule has 0 aliphatic heterocycles. The molecule has 1 rings (SSSR count). The summed E-state index contributed by atoms with van der Waals surface area (Å²) in [5, 5.41) is 0. The molecule has 0 N–H and O–H groups in total. The molecule has 0 aliphatic rings. The smallest absolute Gasteiger partial charge is 0.132 e. The molecule has 19 heavy (non-hydrogen) atoms. The lowest BCUT2D eigenvalue weighted by Crippen LogP contribution is -2.01. The molecule has 0 atom stereocenters. The van der Waals surface area contributed by atoms with E-state index in [1.54, 1.807) is 12.5 Å². The molecule has 0 unspecified atom stereocenters. The quantitative estimate of drug-likeness (QED) is 0.525. The van der Waals surface area contributed by atoms with E-state index in [2.05, 4.69) is 11.9 Å². The maximum atomic E-state index is 11.7. The third-order valence-corrected chi connectivity index (χ3v) is 3.49. The molecule has 0 aromatic carbocycles. The SMILES string of the molecule is CCCCCCCCCC(=O)CCCn1ccnc1. The van der Waals surface area contributed by atoms with Crippen LogP contribution in [-0.2, 0) is 11.3 Å². The lowest BCUT2D eigenvalue weighted by Gasteiger charge is -2.03. The molecule has 1 aromatic heterocycles. The van der Waals surface area contributed by atoms with Crippen LogP contribution < -0.4 is 0 Å². The molecule has 0 aliphatic carbocycles. The number of hydrogen-bond acceptors (Lipinski definition) is 2. The molecule has 1 aromatic rings. The van der Waals surface area contributed by atoms with Crippen LogP contribution >= 0.6 is 0 Å². The average molecular weight is 264 g/mol. The molecular weight excluding hydrogens is 236 g/mol. The lowest BCUT2D eigenvalue weighted by molar-refractivity contribution is -0.119. The van der Waals surface area contributed by atoms with Gasteiger partial charge in [0.25, 0.3) is 0 Å². The van der Waals surface area contributed by atoms with Crippen molar-refractivity contribution >= 4 is 5.78 Å². The molecule has 0 spiro atoms. The Balaban J connectivity index is 1.88. The Morgan fingerprint density at radius 1 is 1.00 bits per heavy atom. The van der Waals surface area contributed by atoms with Gasteiger partial charge < -0.3 is 4.57 Å². The highest BCUT2D eigenvalue weighted by molar-refractivity contribution is 5.78. The van der Waals surface area contributed by atoms with E-state index in [4.69, 9.17) is 0 Å². The van der Waals surface area contributed by atoms with Crippen LogP contribution in [0.1, 0.15) is 71.1 Å². The predicted molar refractivity (Wildman–Crippen MR) is 79.1 cm³/mol. The van der Waals surface area contributed by atoms with Gasteiger partial charge in [-0.05, 0) is 12.8 Å². The summed E-state index contributed by atoms with van der Waals surface area (Å²) in [5.74, 6) is 0.425. The van der Waals surface area contributed by atoms with Crippen molar-refractivity contribution in [2.75, 3.05) is 0 Å². The summed E-state index contributed by atoms with van der Waals surface area (Å²) in [6.45, 7) is 3.14. The Morgan fingerprint density at radius 3 is 2.37 bits per heavy atom. The summed E-state index contributed by atoms with van der Waals surface area (Å²) < 4.78 is 2.03. The summed E-state index contributed by atoms with van der Waals surface area (Å²) in [5.41, 5.74) is 0. The van der Waals surface area contributed by atoms with E-state index < -0.39 is 0 Å². The number of carbonyl (C=O) groups is 1. The van der Waals surface area contributed by atoms with E-state index in [0.717, 1.165) is 25.8 Å². The van der Waals surface area contributed by atoms with Crippen LogP contribution in [0.2, 0.25) is 0 Å². The van der Waals surface area contributed by atoms with Crippen molar-refractivity contribution in [1.29, 1.82) is 0 Å². The topological polar surface area (TPSA) is 34.9 Å². The van der Waals surface area contributed by atoms with Gasteiger partial charge in [0.15, 0.2) is 0 Å². The second-order valence-corrected chi connectivity index (χ2v) is 5.31. The predicted octanol–water partition coefficient (Wildman–Crippen LogP) is 4.37. The minimum absolute atomic E-state index is 0.425. The van der Waals surface area contributed by atoms with Crippen LogP contribution in [0.4, 0.5) is 0 Å². The number of unbranched alkanes of at least 4 members (excludes halogenated alkanes) is 6. The van der Waals surface area contributed by atoms with Crippen molar-refractivity contribution < 1.29 is 4.79 Å². The summed E-state index contributed by atoms with van der Waals surface area (Å²) in [6.07, 6.45) is 16.9. The van der Waals surface area contributed by atoms with E-state index >= 15 is 0 Å². The standard InChI is InChI=1S/C16H28N2O/c1-2-3-4-5-6-7-8-10-16(19)11-9-13-18-14-12-17-15-18/h12,14-15H,2-11,13H2,1H3. The third-order valence-electron chi connectivity index (χ3n) is 3.49. The Morgan fingerprint density at radius 2 is 1.68 bits per heavy atom. The number of rotatable bonds is 12. The molecule has 0 fully saturated rings. The molecule has 1 heterocycles. The highest BCUT2D eigenvalue weighted by atomic mass is 16.1. The van der Waals surface area contributed by atoms with E-state index in [-0.39, 0.29) is 0 Å². The van der Waals surface area contributed by atoms with Gasteiger partial charge in [-0.15, -0.1) is 0 Å². The molecule has 3 heteroatoms. The molecule has 0 radical (unpaired) electrons.